The van der Waals surface area contributed by atoms with Crippen LogP contribution in [0.3, 0.4) is 0 Å². The van der Waals surface area contributed by atoms with Gasteiger partial charge in [0, 0.05) is 18.6 Å². The molecule has 0 radical (unpaired) electrons. The van der Waals surface area contributed by atoms with Gasteiger partial charge in [-0.1, -0.05) is 13.8 Å². The van der Waals surface area contributed by atoms with Crippen LogP contribution in [0.15, 0.2) is 17.0 Å². The van der Waals surface area contributed by atoms with Gasteiger partial charge in [-0.2, -0.15) is 0 Å². The summed E-state index contributed by atoms with van der Waals surface area (Å²) in [4.78, 5) is -0.119. The standard InChI is InChI=1S/C14H21F2NO2S2/c1-10(2)8-17-9-11-6-12(15)14(13(16)7-11)20-4-5-21(3,18)19/h6-7,10,17H,4-5,8-9H2,1-3H3. The molecule has 0 atom stereocenters. The summed E-state index contributed by atoms with van der Waals surface area (Å²) in [6.45, 7) is 5.28. The van der Waals surface area contributed by atoms with Crippen LogP contribution in [-0.2, 0) is 16.4 Å². The van der Waals surface area contributed by atoms with Gasteiger partial charge in [0.05, 0.1) is 10.6 Å². The molecule has 0 amide bonds. The van der Waals surface area contributed by atoms with Crippen LogP contribution >= 0.6 is 11.8 Å². The van der Waals surface area contributed by atoms with E-state index in [1.54, 1.807) is 0 Å². The molecule has 7 heteroatoms. The monoisotopic (exact) mass is 337 g/mol. The molecule has 0 aliphatic heterocycles. The van der Waals surface area contributed by atoms with E-state index in [1.165, 1.54) is 12.1 Å². The maximum absolute atomic E-state index is 13.9. The lowest BCUT2D eigenvalue weighted by atomic mass is 10.2. The van der Waals surface area contributed by atoms with E-state index in [9.17, 15) is 17.2 Å². The average Bonchev–Trinajstić information content (AvgIpc) is 2.31. The molecule has 0 bridgehead atoms. The molecule has 0 spiro atoms. The van der Waals surface area contributed by atoms with Gasteiger partial charge in [0.15, 0.2) is 0 Å². The summed E-state index contributed by atoms with van der Waals surface area (Å²) < 4.78 is 49.8. The molecular weight excluding hydrogens is 316 g/mol. The second-order valence-corrected chi connectivity index (χ2v) is 8.76. The minimum Gasteiger partial charge on any atom is -0.312 e. The first-order valence-electron chi connectivity index (χ1n) is 6.68. The van der Waals surface area contributed by atoms with Crippen molar-refractivity contribution >= 4 is 21.6 Å². The Labute approximate surface area is 129 Å². The third-order valence-electron chi connectivity index (χ3n) is 2.64. The van der Waals surface area contributed by atoms with Gasteiger partial charge in [-0.3, -0.25) is 0 Å². The minimum atomic E-state index is -3.12. The molecule has 120 valence electrons. The van der Waals surface area contributed by atoms with E-state index in [2.05, 4.69) is 19.2 Å². The van der Waals surface area contributed by atoms with Gasteiger partial charge in [0.2, 0.25) is 0 Å². The number of nitrogens with one attached hydrogen (secondary N) is 1. The number of halogens is 2. The molecule has 0 fully saturated rings. The van der Waals surface area contributed by atoms with Crippen molar-refractivity contribution in [2.24, 2.45) is 5.92 Å². The van der Waals surface area contributed by atoms with E-state index < -0.39 is 21.5 Å². The smallest absolute Gasteiger partial charge is 0.148 e. The van der Waals surface area contributed by atoms with Crippen molar-refractivity contribution in [2.45, 2.75) is 25.3 Å². The Morgan fingerprint density at radius 1 is 1.24 bits per heavy atom. The third-order valence-corrected chi connectivity index (χ3v) is 4.93. The predicted molar refractivity (Wildman–Crippen MR) is 83.3 cm³/mol. The predicted octanol–water partition coefficient (Wildman–Crippen LogP) is 2.85. The van der Waals surface area contributed by atoms with Crippen LogP contribution in [0.1, 0.15) is 19.4 Å². The Kier molecular flexibility index (Phi) is 7.09. The molecule has 0 aliphatic carbocycles. The van der Waals surface area contributed by atoms with Crippen molar-refractivity contribution in [1.29, 1.82) is 0 Å². The molecule has 0 unspecified atom stereocenters. The van der Waals surface area contributed by atoms with Gasteiger partial charge in [0.25, 0.3) is 0 Å². The average molecular weight is 337 g/mol. The van der Waals surface area contributed by atoms with E-state index in [0.717, 1.165) is 24.6 Å². The first-order valence-corrected chi connectivity index (χ1v) is 9.73. The summed E-state index contributed by atoms with van der Waals surface area (Å²) in [5.41, 5.74) is 0.540. The highest BCUT2D eigenvalue weighted by Crippen LogP contribution is 2.26. The van der Waals surface area contributed by atoms with Gasteiger partial charge < -0.3 is 5.32 Å². The van der Waals surface area contributed by atoms with Crippen molar-refractivity contribution < 1.29 is 17.2 Å². The van der Waals surface area contributed by atoms with Crippen LogP contribution in [0, 0.1) is 17.6 Å². The molecule has 0 heterocycles. The fourth-order valence-corrected chi connectivity index (χ4v) is 3.79. The van der Waals surface area contributed by atoms with Gasteiger partial charge in [0.1, 0.15) is 21.5 Å². The number of benzene rings is 1. The summed E-state index contributed by atoms with van der Waals surface area (Å²) in [5.74, 6) is -0.790. The Hall–Kier alpha value is -0.660. The molecule has 21 heavy (non-hydrogen) atoms. The minimum absolute atomic E-state index is 0.103. The summed E-state index contributed by atoms with van der Waals surface area (Å²) >= 11 is 0.888. The van der Waals surface area contributed by atoms with Crippen molar-refractivity contribution in [1.82, 2.24) is 5.32 Å². The first-order chi connectivity index (χ1) is 9.69. The largest absolute Gasteiger partial charge is 0.312 e. The zero-order valence-electron chi connectivity index (χ0n) is 12.4. The highest BCUT2D eigenvalue weighted by atomic mass is 32.2. The van der Waals surface area contributed by atoms with Crippen LogP contribution in [0.5, 0.6) is 0 Å². The normalized spacial score (nSPS) is 12.1. The zero-order chi connectivity index (χ0) is 16.0. The molecule has 1 aromatic rings. The summed E-state index contributed by atoms with van der Waals surface area (Å²) in [6, 6.07) is 2.58. The summed E-state index contributed by atoms with van der Waals surface area (Å²) in [7, 11) is -3.12. The molecule has 0 aromatic heterocycles. The molecule has 1 aromatic carbocycles. The van der Waals surface area contributed by atoms with Crippen molar-refractivity contribution in [3.8, 4) is 0 Å². The maximum atomic E-state index is 13.9. The second kappa shape index (κ2) is 8.10. The third kappa shape index (κ3) is 7.24. The lowest BCUT2D eigenvalue weighted by Crippen LogP contribution is -2.19. The van der Waals surface area contributed by atoms with Crippen LogP contribution < -0.4 is 5.32 Å². The molecule has 0 aliphatic rings. The van der Waals surface area contributed by atoms with E-state index in [0.29, 0.717) is 18.0 Å². The lowest BCUT2D eigenvalue weighted by molar-refractivity contribution is 0.525. The van der Waals surface area contributed by atoms with Crippen LogP contribution in [0.4, 0.5) is 8.78 Å². The van der Waals surface area contributed by atoms with E-state index >= 15 is 0 Å². The first kappa shape index (κ1) is 18.4. The molecule has 3 nitrogen and oxygen atoms in total. The number of thioether (sulfide) groups is 1. The van der Waals surface area contributed by atoms with Crippen LogP contribution in [-0.4, -0.2) is 32.7 Å². The summed E-state index contributed by atoms with van der Waals surface area (Å²) in [6.07, 6.45) is 1.10. The number of rotatable bonds is 8. The lowest BCUT2D eigenvalue weighted by Gasteiger charge is -2.10. The Morgan fingerprint density at radius 2 is 1.81 bits per heavy atom. The highest BCUT2D eigenvalue weighted by molar-refractivity contribution is 8.00. The SMILES string of the molecule is CC(C)CNCc1cc(F)c(SCCS(C)(=O)=O)c(F)c1. The number of hydrogen-bond acceptors (Lipinski definition) is 4. The molecular formula is C14H21F2NO2S2. The van der Waals surface area contributed by atoms with E-state index in [4.69, 9.17) is 0 Å². The molecule has 0 saturated carbocycles. The van der Waals surface area contributed by atoms with Crippen molar-refractivity contribution in [3.63, 3.8) is 0 Å². The van der Waals surface area contributed by atoms with Gasteiger partial charge in [-0.25, -0.2) is 17.2 Å². The Balaban J connectivity index is 2.67. The number of sulfone groups is 1. The van der Waals surface area contributed by atoms with E-state index in [-0.39, 0.29) is 16.4 Å². The Bertz CT molecular complexity index is 551. The quantitative estimate of drug-likeness (QED) is 0.741. The fourth-order valence-electron chi connectivity index (χ4n) is 1.65. The van der Waals surface area contributed by atoms with Crippen LogP contribution in [0.25, 0.3) is 0 Å². The molecule has 0 saturated heterocycles. The van der Waals surface area contributed by atoms with Gasteiger partial charge in [-0.15, -0.1) is 11.8 Å². The number of hydrogen-bond donors (Lipinski definition) is 1. The van der Waals surface area contributed by atoms with Gasteiger partial charge in [-0.05, 0) is 30.2 Å². The maximum Gasteiger partial charge on any atom is 0.148 e. The fraction of sp³-hybridized carbons (Fsp3) is 0.571. The second-order valence-electron chi connectivity index (χ2n) is 5.39. The zero-order valence-corrected chi connectivity index (χ0v) is 14.1. The van der Waals surface area contributed by atoms with E-state index in [1.807, 2.05) is 0 Å². The van der Waals surface area contributed by atoms with Crippen molar-refractivity contribution in [2.75, 3.05) is 24.3 Å². The highest BCUT2D eigenvalue weighted by Gasteiger charge is 2.13. The van der Waals surface area contributed by atoms with Crippen LogP contribution in [0.2, 0.25) is 0 Å². The topological polar surface area (TPSA) is 46.2 Å². The summed E-state index contributed by atoms with van der Waals surface area (Å²) in [5, 5.41) is 3.12. The molecule has 1 rings (SSSR count). The van der Waals surface area contributed by atoms with Gasteiger partial charge >= 0.3 is 0 Å². The Morgan fingerprint density at radius 3 is 2.29 bits per heavy atom. The van der Waals surface area contributed by atoms with Crippen molar-refractivity contribution in [3.05, 3.63) is 29.3 Å². The molecule has 1 N–H and O–H groups in total.